The van der Waals surface area contributed by atoms with Gasteiger partial charge in [-0.3, -0.25) is 9.89 Å². The van der Waals surface area contributed by atoms with Gasteiger partial charge in [0.05, 0.1) is 0 Å². The number of benzene rings is 7. The minimum absolute atomic E-state index is 0.0882. The van der Waals surface area contributed by atoms with Gasteiger partial charge < -0.3 is 0 Å². The summed E-state index contributed by atoms with van der Waals surface area (Å²) in [5.41, 5.74) is 16.4. The quantitative estimate of drug-likeness (QED) is 0.124. The summed E-state index contributed by atoms with van der Waals surface area (Å²) in [6.07, 6.45) is 1.73. The van der Waals surface area contributed by atoms with Crippen molar-refractivity contribution in [3.63, 3.8) is 0 Å². The van der Waals surface area contributed by atoms with Crippen LogP contribution in [0.5, 0.6) is 0 Å². The monoisotopic (exact) mass is 686 g/mol. The molecule has 7 rings (SSSR count). The van der Waals surface area contributed by atoms with E-state index in [1.165, 1.54) is 61.2 Å². The fourth-order valence-electron chi connectivity index (χ4n) is 7.31. The Balaban J connectivity index is 1.32. The molecule has 0 saturated carbocycles. The molecular weight excluding hydrogens is 641 g/mol. The van der Waals surface area contributed by atoms with Crippen molar-refractivity contribution in [2.24, 2.45) is 4.99 Å². The highest BCUT2D eigenvalue weighted by molar-refractivity contribution is 5.99. The highest BCUT2D eigenvalue weighted by Gasteiger charge is 2.26. The van der Waals surface area contributed by atoms with E-state index in [-0.39, 0.29) is 12.2 Å². The Kier molecular flexibility index (Phi) is 10.7. The fraction of sp³-hybridized carbons (Fsp3) is 0.118. The first-order valence-electron chi connectivity index (χ1n) is 18.4. The van der Waals surface area contributed by atoms with Crippen molar-refractivity contribution in [1.82, 2.24) is 4.90 Å². The maximum absolute atomic E-state index is 5.57. The molecule has 0 aromatic heterocycles. The topological polar surface area (TPSA) is 15.6 Å². The first-order valence-corrected chi connectivity index (χ1v) is 18.4. The first-order chi connectivity index (χ1) is 25.9. The molecule has 0 heterocycles. The Hall–Kier alpha value is -6.09. The van der Waals surface area contributed by atoms with E-state index < -0.39 is 0 Å². The van der Waals surface area contributed by atoms with Gasteiger partial charge in [0.15, 0.2) is 0 Å². The number of hydrogen-bond acceptors (Lipinski definition) is 2. The highest BCUT2D eigenvalue weighted by Crippen LogP contribution is 2.41. The number of hydrogen-bond donors (Lipinski definition) is 0. The van der Waals surface area contributed by atoms with Crippen LogP contribution in [0.3, 0.4) is 0 Å². The second kappa shape index (κ2) is 16.1. The largest absolute Gasteiger partial charge is 0.274 e. The van der Waals surface area contributed by atoms with Crippen molar-refractivity contribution >= 4 is 11.8 Å². The average molecular weight is 687 g/mol. The zero-order valence-electron chi connectivity index (χ0n) is 31.1. The Morgan fingerprint density at radius 1 is 0.566 bits per heavy atom. The summed E-state index contributed by atoms with van der Waals surface area (Å²) >= 11 is 0. The van der Waals surface area contributed by atoms with Crippen LogP contribution < -0.4 is 0 Å². The van der Waals surface area contributed by atoms with Crippen molar-refractivity contribution in [3.05, 3.63) is 210 Å². The predicted octanol–water partition coefficient (Wildman–Crippen LogP) is 13.5. The van der Waals surface area contributed by atoms with Crippen molar-refractivity contribution in [1.29, 1.82) is 0 Å². The molecule has 260 valence electrons. The van der Waals surface area contributed by atoms with Gasteiger partial charge in [-0.1, -0.05) is 189 Å². The lowest BCUT2D eigenvalue weighted by Gasteiger charge is -2.33. The number of rotatable bonds is 11. The van der Waals surface area contributed by atoms with E-state index in [9.17, 15) is 0 Å². The third-order valence-corrected chi connectivity index (χ3v) is 10.5. The summed E-state index contributed by atoms with van der Waals surface area (Å²) in [5, 5.41) is 0. The van der Waals surface area contributed by atoms with Gasteiger partial charge in [0.2, 0.25) is 0 Å². The molecule has 0 aliphatic heterocycles. The molecule has 0 saturated heterocycles. The molecule has 2 unspecified atom stereocenters. The van der Waals surface area contributed by atoms with Crippen LogP contribution in [0.1, 0.15) is 53.9 Å². The number of nitrogens with zero attached hydrogens (tertiary/aromatic N) is 2. The van der Waals surface area contributed by atoms with Gasteiger partial charge in [-0.15, -0.1) is 0 Å². The molecule has 0 bridgehead atoms. The lowest BCUT2D eigenvalue weighted by Crippen LogP contribution is -2.28. The smallest absolute Gasteiger partial charge is 0.128 e. The second-order valence-electron chi connectivity index (χ2n) is 13.7. The SMILES string of the molecule is C=Cc1cccc(-c2ccccc2)c1-c1cccc(C(N=C(C)c2ccc(-c3ccccc3)cc2)N(C)C(C)c2ccc(-c3ccccc3)cc2)c1C. The van der Waals surface area contributed by atoms with Gasteiger partial charge in [-0.25, -0.2) is 0 Å². The van der Waals surface area contributed by atoms with Crippen LogP contribution in [0.2, 0.25) is 0 Å². The molecule has 53 heavy (non-hydrogen) atoms. The first kappa shape index (κ1) is 35.3. The summed E-state index contributed by atoms with van der Waals surface area (Å²) in [6, 6.07) is 62.8. The molecule has 0 amide bonds. The summed E-state index contributed by atoms with van der Waals surface area (Å²) in [4.78, 5) is 7.98. The van der Waals surface area contributed by atoms with Crippen LogP contribution in [0, 0.1) is 6.92 Å². The molecule has 0 N–H and O–H groups in total. The van der Waals surface area contributed by atoms with E-state index in [1.54, 1.807) is 0 Å². The van der Waals surface area contributed by atoms with Crippen molar-refractivity contribution in [3.8, 4) is 44.5 Å². The maximum Gasteiger partial charge on any atom is 0.128 e. The van der Waals surface area contributed by atoms with E-state index in [4.69, 9.17) is 4.99 Å². The van der Waals surface area contributed by atoms with Gasteiger partial charge >= 0.3 is 0 Å². The third-order valence-electron chi connectivity index (χ3n) is 10.5. The van der Waals surface area contributed by atoms with Crippen LogP contribution in [0.25, 0.3) is 50.6 Å². The van der Waals surface area contributed by atoms with Crippen LogP contribution in [-0.2, 0) is 0 Å². The summed E-state index contributed by atoms with van der Waals surface area (Å²) in [7, 11) is 2.20. The molecule has 2 heteroatoms. The molecule has 2 atom stereocenters. The lowest BCUT2D eigenvalue weighted by molar-refractivity contribution is 0.191. The van der Waals surface area contributed by atoms with Crippen LogP contribution in [-0.4, -0.2) is 17.7 Å². The van der Waals surface area contributed by atoms with Crippen molar-refractivity contribution in [2.45, 2.75) is 33.0 Å². The summed E-state index contributed by atoms with van der Waals surface area (Å²) in [5.74, 6) is 0. The third kappa shape index (κ3) is 7.60. The molecule has 0 spiro atoms. The normalized spacial score (nSPS) is 12.7. The molecular formula is C51H46N2. The average Bonchev–Trinajstić information content (AvgIpc) is 3.23. The van der Waals surface area contributed by atoms with E-state index in [0.717, 1.165) is 16.8 Å². The van der Waals surface area contributed by atoms with Crippen molar-refractivity contribution < 1.29 is 0 Å². The zero-order chi connectivity index (χ0) is 36.7. The van der Waals surface area contributed by atoms with Crippen LogP contribution in [0.15, 0.2) is 187 Å². The van der Waals surface area contributed by atoms with E-state index in [0.29, 0.717) is 0 Å². The minimum Gasteiger partial charge on any atom is -0.274 e. The molecule has 0 aliphatic rings. The lowest BCUT2D eigenvalue weighted by atomic mass is 9.86. The van der Waals surface area contributed by atoms with Gasteiger partial charge in [0, 0.05) is 11.8 Å². The van der Waals surface area contributed by atoms with E-state index in [2.05, 4.69) is 215 Å². The standard InChI is InChI=1S/C51H46N2/c1-6-39-24-16-27-49(46-22-14-9-15-23-46)50(39)47-25-17-26-48(36(47)2)51(52-37(3)40-28-32-44(33-29-40)42-18-10-7-11-19-42)53(5)38(4)41-30-34-45(35-31-41)43-20-12-8-13-21-43/h6-35,38,51H,1H2,2-5H3. The Labute approximate surface area is 315 Å². The van der Waals surface area contributed by atoms with Gasteiger partial charge in [-0.05, 0) is 100 Å². The molecule has 0 aliphatic carbocycles. The minimum atomic E-state index is -0.247. The van der Waals surface area contributed by atoms with Crippen LogP contribution >= 0.6 is 0 Å². The predicted molar refractivity (Wildman–Crippen MR) is 227 cm³/mol. The van der Waals surface area contributed by atoms with E-state index >= 15 is 0 Å². The fourth-order valence-corrected chi connectivity index (χ4v) is 7.31. The van der Waals surface area contributed by atoms with Gasteiger partial charge in [0.25, 0.3) is 0 Å². The molecule has 7 aromatic rings. The summed E-state index contributed by atoms with van der Waals surface area (Å²) < 4.78 is 0. The maximum atomic E-state index is 5.57. The Morgan fingerprint density at radius 3 is 1.62 bits per heavy atom. The zero-order valence-corrected chi connectivity index (χ0v) is 31.1. The van der Waals surface area contributed by atoms with E-state index in [1.807, 2.05) is 6.08 Å². The second-order valence-corrected chi connectivity index (χ2v) is 13.7. The van der Waals surface area contributed by atoms with Gasteiger partial charge in [0.1, 0.15) is 6.17 Å². The van der Waals surface area contributed by atoms with Gasteiger partial charge in [-0.2, -0.15) is 0 Å². The van der Waals surface area contributed by atoms with Crippen molar-refractivity contribution in [2.75, 3.05) is 7.05 Å². The molecule has 0 fully saturated rings. The molecule has 0 radical (unpaired) electrons. The Bertz CT molecular complexity index is 2320. The molecule has 2 nitrogen and oxygen atoms in total. The van der Waals surface area contributed by atoms with Crippen LogP contribution in [0.4, 0.5) is 0 Å². The highest BCUT2D eigenvalue weighted by atomic mass is 15.2. The summed E-state index contributed by atoms with van der Waals surface area (Å²) in [6.45, 7) is 10.9. The Morgan fingerprint density at radius 2 is 1.06 bits per heavy atom. The molecule has 7 aromatic carbocycles. The number of aliphatic imine (C=N–C) groups is 1.